The zero-order chi connectivity index (χ0) is 5.86. The van der Waals surface area contributed by atoms with Gasteiger partial charge in [-0.1, -0.05) is 6.55 Å². The van der Waals surface area contributed by atoms with Crippen LogP contribution in [0.4, 0.5) is 0 Å². The molecule has 0 saturated carbocycles. The van der Waals surface area contributed by atoms with E-state index >= 15 is 0 Å². The molecular formula is C4H13BOSi. The summed E-state index contributed by atoms with van der Waals surface area (Å²) in [6.07, 6.45) is 0.437. The molecule has 0 aliphatic heterocycles. The molecule has 1 unspecified atom stereocenters. The molecular weight excluding hydrogens is 103 g/mol. The zero-order valence-electron chi connectivity index (χ0n) is 5.56. The molecule has 0 radical (unpaired) electrons. The number of rotatable bonds is 2. The third-order valence-corrected chi connectivity index (χ3v) is 1.63. The molecule has 42 valence electrons. The van der Waals surface area contributed by atoms with Gasteiger partial charge in [0.05, 0.1) is 0 Å². The van der Waals surface area contributed by atoms with Crippen LogP contribution in [0.3, 0.4) is 0 Å². The lowest BCUT2D eigenvalue weighted by atomic mass is 10.5. The summed E-state index contributed by atoms with van der Waals surface area (Å²) in [6.45, 7) is 6.33. The van der Waals surface area contributed by atoms with Gasteiger partial charge in [-0.25, -0.2) is 0 Å². The van der Waals surface area contributed by atoms with Crippen molar-refractivity contribution in [3.63, 3.8) is 0 Å². The van der Waals surface area contributed by atoms with Crippen molar-refractivity contribution in [1.29, 1.82) is 0 Å². The predicted octanol–water partition coefficient (Wildman–Crippen LogP) is -0.105. The predicted molar refractivity (Wildman–Crippen MR) is 37.8 cm³/mol. The summed E-state index contributed by atoms with van der Waals surface area (Å²) in [7, 11) is 1.45. The molecule has 0 amide bonds. The van der Waals surface area contributed by atoms with E-state index in [4.69, 9.17) is 4.43 Å². The summed E-state index contributed by atoms with van der Waals surface area (Å²) in [5, 5.41) is 0. The summed E-state index contributed by atoms with van der Waals surface area (Å²) in [5.74, 6) is 0. The van der Waals surface area contributed by atoms with E-state index in [2.05, 4.69) is 27.8 Å². The van der Waals surface area contributed by atoms with Crippen molar-refractivity contribution in [1.82, 2.24) is 0 Å². The van der Waals surface area contributed by atoms with Crippen molar-refractivity contribution in [2.24, 2.45) is 0 Å². The molecule has 0 N–H and O–H groups in total. The van der Waals surface area contributed by atoms with Gasteiger partial charge in [0.25, 0.3) is 0 Å². The first kappa shape index (κ1) is 7.24. The standard InChI is InChI=1S/C4H13BOSi/c1-4(2)6-7(3)5/h4,7H,5H2,1-3H3. The van der Waals surface area contributed by atoms with Crippen LogP contribution in [0.1, 0.15) is 13.8 Å². The molecule has 0 aromatic carbocycles. The molecule has 0 aliphatic carbocycles. The van der Waals surface area contributed by atoms with Crippen LogP contribution < -0.4 is 0 Å². The molecule has 7 heavy (non-hydrogen) atoms. The fourth-order valence-corrected chi connectivity index (χ4v) is 1.63. The van der Waals surface area contributed by atoms with Gasteiger partial charge in [0.2, 0.25) is 0 Å². The monoisotopic (exact) mass is 116 g/mol. The summed E-state index contributed by atoms with van der Waals surface area (Å²) in [6, 6.07) is 0. The minimum absolute atomic E-state index is 0.437. The SMILES string of the molecule is B[SiH](C)OC(C)C. The van der Waals surface area contributed by atoms with E-state index in [1.54, 1.807) is 0 Å². The van der Waals surface area contributed by atoms with Crippen molar-refractivity contribution in [2.75, 3.05) is 0 Å². The molecule has 0 aromatic heterocycles. The van der Waals surface area contributed by atoms with Crippen LogP contribution in [0.25, 0.3) is 0 Å². The Kier molecular flexibility index (Phi) is 3.38. The van der Waals surface area contributed by atoms with E-state index in [1.807, 2.05) is 0 Å². The van der Waals surface area contributed by atoms with Gasteiger partial charge in [-0.2, -0.15) is 0 Å². The summed E-state index contributed by atoms with van der Waals surface area (Å²) < 4.78 is 5.39. The maximum atomic E-state index is 5.39. The average Bonchev–Trinajstić information content (AvgIpc) is 1.27. The van der Waals surface area contributed by atoms with Gasteiger partial charge in [-0.3, -0.25) is 0 Å². The Morgan fingerprint density at radius 3 is 2.00 bits per heavy atom. The average molecular weight is 116 g/mol. The summed E-state index contributed by atoms with van der Waals surface area (Å²) in [4.78, 5) is 0. The Labute approximate surface area is 48.1 Å². The minimum atomic E-state index is -0.728. The molecule has 0 bridgehead atoms. The van der Waals surface area contributed by atoms with Crippen molar-refractivity contribution in [3.05, 3.63) is 0 Å². The number of hydrogen-bond donors (Lipinski definition) is 0. The van der Waals surface area contributed by atoms with Crippen LogP contribution in [0.15, 0.2) is 0 Å². The molecule has 0 heterocycles. The Bertz CT molecular complexity index is 41.0. The highest BCUT2D eigenvalue weighted by atomic mass is 28.3. The van der Waals surface area contributed by atoms with E-state index in [9.17, 15) is 0 Å². The highest BCUT2D eigenvalue weighted by Crippen LogP contribution is 1.87. The third-order valence-electron chi connectivity index (χ3n) is 0.544. The van der Waals surface area contributed by atoms with E-state index in [1.165, 1.54) is 0 Å². The summed E-state index contributed by atoms with van der Waals surface area (Å²) in [5.41, 5.74) is 0. The van der Waals surface area contributed by atoms with Crippen LogP contribution >= 0.6 is 0 Å². The molecule has 0 rings (SSSR count). The van der Waals surface area contributed by atoms with Crippen LogP contribution in [-0.4, -0.2) is 22.5 Å². The van der Waals surface area contributed by atoms with Gasteiger partial charge in [0.15, 0.2) is 0 Å². The van der Waals surface area contributed by atoms with Gasteiger partial charge in [-0.15, -0.1) is 0 Å². The van der Waals surface area contributed by atoms with Crippen molar-refractivity contribution >= 4 is 16.3 Å². The molecule has 0 spiro atoms. The van der Waals surface area contributed by atoms with Crippen molar-refractivity contribution in [2.45, 2.75) is 26.5 Å². The normalized spacial score (nSPS) is 14.9. The Balaban J connectivity index is 2.95. The fraction of sp³-hybridized carbons (Fsp3) is 1.00. The Morgan fingerprint density at radius 2 is 2.00 bits per heavy atom. The maximum Gasteiger partial charge on any atom is 0.133 e. The smallest absolute Gasteiger partial charge is 0.133 e. The second kappa shape index (κ2) is 3.27. The Morgan fingerprint density at radius 1 is 1.57 bits per heavy atom. The zero-order valence-corrected chi connectivity index (χ0v) is 6.72. The number of hydrogen-bond acceptors (Lipinski definition) is 1. The van der Waals surface area contributed by atoms with Gasteiger partial charge >= 0.3 is 0 Å². The van der Waals surface area contributed by atoms with E-state index in [0.29, 0.717) is 6.10 Å². The van der Waals surface area contributed by atoms with Gasteiger partial charge < -0.3 is 4.43 Å². The summed E-state index contributed by atoms with van der Waals surface area (Å²) >= 11 is 0. The molecule has 1 nitrogen and oxygen atoms in total. The van der Waals surface area contributed by atoms with Gasteiger partial charge in [-0.05, 0) is 13.8 Å². The lowest BCUT2D eigenvalue weighted by Gasteiger charge is -2.08. The minimum Gasteiger partial charge on any atom is -0.427 e. The van der Waals surface area contributed by atoms with Crippen molar-refractivity contribution in [3.8, 4) is 0 Å². The molecule has 0 saturated heterocycles. The Hall–Kier alpha value is 0.242. The first-order valence-electron chi connectivity index (χ1n) is 2.78. The first-order valence-corrected chi connectivity index (χ1v) is 5.56. The van der Waals surface area contributed by atoms with Gasteiger partial charge in [0.1, 0.15) is 16.3 Å². The van der Waals surface area contributed by atoms with Crippen LogP contribution in [0.2, 0.25) is 6.55 Å². The highest BCUT2D eigenvalue weighted by molar-refractivity contribution is 6.98. The second-order valence-electron chi connectivity index (χ2n) is 2.23. The second-order valence-corrected chi connectivity index (χ2v) is 4.60. The fourth-order valence-electron chi connectivity index (χ4n) is 0.544. The van der Waals surface area contributed by atoms with E-state index in [-0.39, 0.29) is 0 Å². The van der Waals surface area contributed by atoms with Crippen LogP contribution in [-0.2, 0) is 4.43 Å². The van der Waals surface area contributed by atoms with Gasteiger partial charge in [0, 0.05) is 6.10 Å². The first-order chi connectivity index (χ1) is 3.13. The molecule has 0 fully saturated rings. The van der Waals surface area contributed by atoms with Crippen LogP contribution in [0.5, 0.6) is 0 Å². The molecule has 0 aromatic rings. The van der Waals surface area contributed by atoms with Crippen LogP contribution in [0, 0.1) is 0 Å². The molecule has 0 aliphatic rings. The third kappa shape index (κ3) is 6.24. The van der Waals surface area contributed by atoms with E-state index < -0.39 is 8.91 Å². The highest BCUT2D eigenvalue weighted by Gasteiger charge is 1.96. The largest absolute Gasteiger partial charge is 0.427 e. The maximum absolute atomic E-state index is 5.39. The van der Waals surface area contributed by atoms with Crippen molar-refractivity contribution < 1.29 is 4.43 Å². The topological polar surface area (TPSA) is 9.23 Å². The lowest BCUT2D eigenvalue weighted by Crippen LogP contribution is -2.18. The quantitative estimate of drug-likeness (QED) is 0.457. The van der Waals surface area contributed by atoms with E-state index in [0.717, 1.165) is 0 Å². The molecule has 3 heteroatoms. The molecule has 1 atom stereocenters. The lowest BCUT2D eigenvalue weighted by molar-refractivity contribution is 0.253.